The summed E-state index contributed by atoms with van der Waals surface area (Å²) in [5, 5.41) is 0. The van der Waals surface area contributed by atoms with Gasteiger partial charge in [-0.05, 0) is 45.1 Å². The molecule has 0 saturated carbocycles. The summed E-state index contributed by atoms with van der Waals surface area (Å²) in [6.07, 6.45) is 6.97. The van der Waals surface area contributed by atoms with Gasteiger partial charge in [0, 0.05) is 12.1 Å². The normalized spacial score (nSPS) is 21.1. The first kappa shape index (κ1) is 18.2. The topological polar surface area (TPSA) is 55.6 Å². The van der Waals surface area contributed by atoms with E-state index in [4.69, 9.17) is 10.5 Å². The molecule has 0 aromatic carbocycles. The van der Waals surface area contributed by atoms with Gasteiger partial charge in [0.05, 0.1) is 19.3 Å². The molecule has 1 saturated heterocycles. The smallest absolute Gasteiger partial charge is 0.246 e. The Kier molecular flexibility index (Phi) is 7.40. The average Bonchev–Trinajstić information content (AvgIpc) is 2.43. The van der Waals surface area contributed by atoms with Gasteiger partial charge in [-0.25, -0.2) is 0 Å². The van der Waals surface area contributed by atoms with Crippen LogP contribution in [0.25, 0.3) is 0 Å². The highest BCUT2D eigenvalue weighted by Crippen LogP contribution is 2.21. The third-order valence-electron chi connectivity index (χ3n) is 4.20. The lowest BCUT2D eigenvalue weighted by Gasteiger charge is -2.35. The quantitative estimate of drug-likeness (QED) is 0.701. The number of carbonyl (C=O) groups is 1. The van der Waals surface area contributed by atoms with Crippen LogP contribution in [0.4, 0.5) is 0 Å². The monoisotopic (exact) mass is 296 g/mol. The average molecular weight is 296 g/mol. The molecular formula is C17H32N2O2. The highest BCUT2D eigenvalue weighted by molar-refractivity contribution is 5.87. The maximum atomic E-state index is 11.8. The summed E-state index contributed by atoms with van der Waals surface area (Å²) < 4.78 is 5.52. The predicted octanol–water partition coefficient (Wildman–Crippen LogP) is 2.72. The summed E-state index contributed by atoms with van der Waals surface area (Å²) in [5.74, 6) is 0.691. The molecule has 2 N–H and O–H groups in total. The van der Waals surface area contributed by atoms with Crippen LogP contribution in [0.3, 0.4) is 0 Å². The molecule has 0 spiro atoms. The van der Waals surface area contributed by atoms with E-state index in [0.717, 1.165) is 19.3 Å². The Bertz CT molecular complexity index is 336. The summed E-state index contributed by atoms with van der Waals surface area (Å²) in [7, 11) is 0. The van der Waals surface area contributed by atoms with Gasteiger partial charge in [-0.2, -0.15) is 0 Å². The molecular weight excluding hydrogens is 264 g/mol. The summed E-state index contributed by atoms with van der Waals surface area (Å²) in [4.78, 5) is 13.8. The van der Waals surface area contributed by atoms with Crippen molar-refractivity contribution in [3.63, 3.8) is 0 Å². The largest absolute Gasteiger partial charge is 0.377 e. The van der Waals surface area contributed by atoms with Crippen molar-refractivity contribution >= 4 is 5.91 Å². The van der Waals surface area contributed by atoms with Crippen molar-refractivity contribution in [2.45, 2.75) is 64.5 Å². The molecule has 0 aromatic rings. The van der Waals surface area contributed by atoms with Crippen molar-refractivity contribution in [2.24, 2.45) is 11.7 Å². The predicted molar refractivity (Wildman–Crippen MR) is 87.0 cm³/mol. The third-order valence-corrected chi connectivity index (χ3v) is 4.20. The zero-order valence-corrected chi connectivity index (χ0v) is 13.9. The van der Waals surface area contributed by atoms with E-state index < -0.39 is 0 Å². The minimum Gasteiger partial charge on any atom is -0.377 e. The molecule has 1 fully saturated rings. The van der Waals surface area contributed by atoms with Crippen LogP contribution >= 0.6 is 0 Å². The summed E-state index contributed by atoms with van der Waals surface area (Å²) in [5.41, 5.74) is 5.94. The Morgan fingerprint density at radius 1 is 1.52 bits per heavy atom. The lowest BCUT2D eigenvalue weighted by Crippen LogP contribution is -2.48. The lowest BCUT2D eigenvalue weighted by atomic mass is 9.92. The minimum absolute atomic E-state index is 0.0286. The van der Waals surface area contributed by atoms with Gasteiger partial charge in [0.25, 0.3) is 0 Å². The van der Waals surface area contributed by atoms with E-state index in [0.29, 0.717) is 25.7 Å². The van der Waals surface area contributed by atoms with Crippen LogP contribution in [0.5, 0.6) is 0 Å². The van der Waals surface area contributed by atoms with Gasteiger partial charge in [-0.3, -0.25) is 4.79 Å². The Balaban J connectivity index is 2.31. The van der Waals surface area contributed by atoms with Crippen LogP contribution in [0.2, 0.25) is 0 Å². The Hall–Kier alpha value is -0.870. The molecule has 122 valence electrons. The molecule has 1 aliphatic rings. The molecule has 4 heteroatoms. The van der Waals surface area contributed by atoms with Crippen LogP contribution in [0.15, 0.2) is 12.7 Å². The molecule has 1 aliphatic heterocycles. The van der Waals surface area contributed by atoms with E-state index >= 15 is 0 Å². The third kappa shape index (κ3) is 7.09. The SMILES string of the molecule is C=CC(=O)N1CCOCC1CCC(C)CCCC(C)(C)N. The van der Waals surface area contributed by atoms with E-state index in [-0.39, 0.29) is 17.5 Å². The van der Waals surface area contributed by atoms with Crippen molar-refractivity contribution < 1.29 is 9.53 Å². The number of nitrogens with two attached hydrogens (primary N) is 1. The van der Waals surface area contributed by atoms with Gasteiger partial charge in [0.2, 0.25) is 5.91 Å². The maximum Gasteiger partial charge on any atom is 0.246 e. The molecule has 1 amide bonds. The first-order chi connectivity index (χ1) is 9.83. The number of nitrogens with zero attached hydrogens (tertiary/aromatic N) is 1. The van der Waals surface area contributed by atoms with Gasteiger partial charge in [-0.1, -0.05) is 26.3 Å². The van der Waals surface area contributed by atoms with E-state index in [9.17, 15) is 4.79 Å². The summed E-state index contributed by atoms with van der Waals surface area (Å²) >= 11 is 0. The van der Waals surface area contributed by atoms with E-state index in [1.807, 2.05) is 4.90 Å². The summed E-state index contributed by atoms with van der Waals surface area (Å²) in [6, 6.07) is 0.206. The number of rotatable bonds is 8. The molecule has 0 bridgehead atoms. The number of hydrogen-bond acceptors (Lipinski definition) is 3. The fourth-order valence-corrected chi connectivity index (χ4v) is 2.83. The molecule has 0 aromatic heterocycles. The van der Waals surface area contributed by atoms with E-state index in [1.165, 1.54) is 18.9 Å². The van der Waals surface area contributed by atoms with E-state index in [1.54, 1.807) is 0 Å². The van der Waals surface area contributed by atoms with Gasteiger partial charge in [0.1, 0.15) is 0 Å². The standard InChI is InChI=1S/C17H32N2O2/c1-5-16(20)19-11-12-21-13-15(19)9-8-14(2)7-6-10-17(3,4)18/h5,14-15H,1,6-13,18H2,2-4H3. The van der Waals surface area contributed by atoms with Crippen molar-refractivity contribution in [3.8, 4) is 0 Å². The van der Waals surface area contributed by atoms with Crippen molar-refractivity contribution in [3.05, 3.63) is 12.7 Å². The fraction of sp³-hybridized carbons (Fsp3) is 0.824. The van der Waals surface area contributed by atoms with Gasteiger partial charge >= 0.3 is 0 Å². The highest BCUT2D eigenvalue weighted by atomic mass is 16.5. The number of amides is 1. The van der Waals surface area contributed by atoms with Crippen LogP contribution in [-0.2, 0) is 9.53 Å². The molecule has 2 unspecified atom stereocenters. The number of hydrogen-bond donors (Lipinski definition) is 1. The minimum atomic E-state index is -0.0654. The molecule has 21 heavy (non-hydrogen) atoms. The lowest BCUT2D eigenvalue weighted by molar-refractivity contribution is -0.134. The van der Waals surface area contributed by atoms with Gasteiger partial charge in [-0.15, -0.1) is 0 Å². The van der Waals surface area contributed by atoms with Crippen molar-refractivity contribution in [1.29, 1.82) is 0 Å². The fourth-order valence-electron chi connectivity index (χ4n) is 2.83. The Labute approximate surface area is 129 Å². The highest BCUT2D eigenvalue weighted by Gasteiger charge is 2.25. The van der Waals surface area contributed by atoms with Crippen LogP contribution in [-0.4, -0.2) is 42.1 Å². The second-order valence-corrected chi connectivity index (χ2v) is 7.03. The second-order valence-electron chi connectivity index (χ2n) is 7.03. The van der Waals surface area contributed by atoms with E-state index in [2.05, 4.69) is 27.4 Å². The van der Waals surface area contributed by atoms with Gasteiger partial charge < -0.3 is 15.4 Å². The second kappa shape index (κ2) is 8.54. The van der Waals surface area contributed by atoms with Crippen LogP contribution in [0, 0.1) is 5.92 Å². The number of carbonyl (C=O) groups excluding carboxylic acids is 1. The molecule has 0 aliphatic carbocycles. The molecule has 1 rings (SSSR count). The first-order valence-corrected chi connectivity index (χ1v) is 8.13. The molecule has 1 heterocycles. The van der Waals surface area contributed by atoms with Crippen molar-refractivity contribution in [1.82, 2.24) is 4.90 Å². The molecule has 4 nitrogen and oxygen atoms in total. The zero-order chi connectivity index (χ0) is 15.9. The number of morpholine rings is 1. The molecule has 0 radical (unpaired) electrons. The van der Waals surface area contributed by atoms with Crippen molar-refractivity contribution in [2.75, 3.05) is 19.8 Å². The number of ether oxygens (including phenoxy) is 1. The molecule has 2 atom stereocenters. The van der Waals surface area contributed by atoms with Gasteiger partial charge in [0.15, 0.2) is 0 Å². The Morgan fingerprint density at radius 3 is 2.86 bits per heavy atom. The van der Waals surface area contributed by atoms with Crippen LogP contribution < -0.4 is 5.73 Å². The summed E-state index contributed by atoms with van der Waals surface area (Å²) in [6.45, 7) is 12.0. The Morgan fingerprint density at radius 2 is 2.24 bits per heavy atom. The van der Waals surface area contributed by atoms with Crippen LogP contribution in [0.1, 0.15) is 52.9 Å². The zero-order valence-electron chi connectivity index (χ0n) is 13.9. The first-order valence-electron chi connectivity index (χ1n) is 8.13. The maximum absolute atomic E-state index is 11.8.